The van der Waals surface area contributed by atoms with E-state index in [1.807, 2.05) is 0 Å². The number of aromatic nitrogens is 2. The number of morpholine rings is 1. The second-order valence-corrected chi connectivity index (χ2v) is 5.45. The number of hydrogen-bond acceptors (Lipinski definition) is 6. The molecule has 3 rings (SSSR count). The third-order valence-corrected chi connectivity index (χ3v) is 3.76. The van der Waals surface area contributed by atoms with Crippen molar-refractivity contribution in [3.05, 3.63) is 47.9 Å². The number of ether oxygens (including phenoxy) is 1. The van der Waals surface area contributed by atoms with Gasteiger partial charge < -0.3 is 15.0 Å². The van der Waals surface area contributed by atoms with Gasteiger partial charge in [0.2, 0.25) is 0 Å². The molecule has 0 aliphatic carbocycles. The molecule has 0 radical (unpaired) electrons. The van der Waals surface area contributed by atoms with Gasteiger partial charge in [-0.1, -0.05) is 0 Å². The Hall–Kier alpha value is -2.80. The summed E-state index contributed by atoms with van der Waals surface area (Å²) in [5.41, 5.74) is 1.44. The minimum Gasteiger partial charge on any atom is -0.378 e. The van der Waals surface area contributed by atoms with Gasteiger partial charge in [0.05, 0.1) is 25.6 Å². The van der Waals surface area contributed by atoms with Gasteiger partial charge in [0.1, 0.15) is 11.5 Å². The van der Waals surface area contributed by atoms with Gasteiger partial charge in [-0.15, -0.1) is 0 Å². The minimum atomic E-state index is -0.341. The fourth-order valence-electron chi connectivity index (χ4n) is 2.38. The first kappa shape index (κ1) is 16.1. The maximum Gasteiger partial charge on any atom is 0.275 e. The van der Waals surface area contributed by atoms with Crippen LogP contribution in [0.3, 0.4) is 0 Å². The SMILES string of the molecule is CC(=O)c1ccc(NC(=O)c2cnc(N3CCOCC3)cn2)cc1. The van der Waals surface area contributed by atoms with E-state index in [0.29, 0.717) is 24.5 Å². The number of hydrogen-bond donors (Lipinski definition) is 1. The van der Waals surface area contributed by atoms with E-state index < -0.39 is 0 Å². The molecule has 0 bridgehead atoms. The molecule has 1 saturated heterocycles. The van der Waals surface area contributed by atoms with Crippen molar-refractivity contribution < 1.29 is 14.3 Å². The van der Waals surface area contributed by atoms with E-state index in [4.69, 9.17) is 4.74 Å². The molecule has 1 fully saturated rings. The second-order valence-electron chi connectivity index (χ2n) is 5.45. The van der Waals surface area contributed by atoms with E-state index in [0.717, 1.165) is 18.9 Å². The first-order chi connectivity index (χ1) is 11.6. The molecule has 0 saturated carbocycles. The maximum atomic E-state index is 12.2. The topological polar surface area (TPSA) is 84.4 Å². The van der Waals surface area contributed by atoms with Crippen LogP contribution in [0.15, 0.2) is 36.7 Å². The summed E-state index contributed by atoms with van der Waals surface area (Å²) >= 11 is 0. The summed E-state index contributed by atoms with van der Waals surface area (Å²) in [6.07, 6.45) is 3.06. The van der Waals surface area contributed by atoms with Gasteiger partial charge in [-0.2, -0.15) is 0 Å². The van der Waals surface area contributed by atoms with Crippen molar-refractivity contribution in [2.24, 2.45) is 0 Å². The van der Waals surface area contributed by atoms with Crippen LogP contribution in [0.5, 0.6) is 0 Å². The highest BCUT2D eigenvalue weighted by atomic mass is 16.5. The average Bonchev–Trinajstić information content (AvgIpc) is 2.63. The van der Waals surface area contributed by atoms with Crippen LogP contribution in [0, 0.1) is 0 Å². The number of ketones is 1. The summed E-state index contributed by atoms with van der Waals surface area (Å²) in [5.74, 6) is 0.379. The molecular weight excluding hydrogens is 308 g/mol. The van der Waals surface area contributed by atoms with Crippen LogP contribution >= 0.6 is 0 Å². The zero-order chi connectivity index (χ0) is 16.9. The van der Waals surface area contributed by atoms with Crippen LogP contribution in [0.1, 0.15) is 27.8 Å². The number of benzene rings is 1. The fourth-order valence-corrected chi connectivity index (χ4v) is 2.38. The number of nitrogens with one attached hydrogen (secondary N) is 1. The summed E-state index contributed by atoms with van der Waals surface area (Å²) in [6, 6.07) is 6.71. The third-order valence-electron chi connectivity index (χ3n) is 3.76. The first-order valence-corrected chi connectivity index (χ1v) is 7.70. The number of amides is 1. The summed E-state index contributed by atoms with van der Waals surface area (Å²) in [7, 11) is 0. The number of rotatable bonds is 4. The predicted molar refractivity (Wildman–Crippen MR) is 89.5 cm³/mol. The summed E-state index contributed by atoms with van der Waals surface area (Å²) in [4.78, 5) is 34.0. The van der Waals surface area contributed by atoms with E-state index >= 15 is 0 Å². The predicted octanol–water partition coefficient (Wildman–Crippen LogP) is 1.77. The summed E-state index contributed by atoms with van der Waals surface area (Å²) in [5, 5.41) is 2.74. The van der Waals surface area contributed by atoms with Crippen LogP contribution in [-0.2, 0) is 4.74 Å². The highest BCUT2D eigenvalue weighted by Crippen LogP contribution is 2.13. The largest absolute Gasteiger partial charge is 0.378 e. The van der Waals surface area contributed by atoms with Gasteiger partial charge in [0.25, 0.3) is 5.91 Å². The molecule has 2 heterocycles. The molecule has 124 valence electrons. The van der Waals surface area contributed by atoms with Crippen molar-refractivity contribution in [1.29, 1.82) is 0 Å². The Labute approximate surface area is 139 Å². The molecule has 0 spiro atoms. The lowest BCUT2D eigenvalue weighted by molar-refractivity contribution is 0.101. The van der Waals surface area contributed by atoms with Crippen LogP contribution in [-0.4, -0.2) is 48.0 Å². The van der Waals surface area contributed by atoms with E-state index in [1.54, 1.807) is 30.5 Å². The average molecular weight is 326 g/mol. The van der Waals surface area contributed by atoms with Crippen molar-refractivity contribution in [1.82, 2.24) is 9.97 Å². The summed E-state index contributed by atoms with van der Waals surface area (Å²) in [6.45, 7) is 4.37. The highest BCUT2D eigenvalue weighted by molar-refractivity contribution is 6.03. The molecule has 1 amide bonds. The van der Waals surface area contributed by atoms with Gasteiger partial charge in [0, 0.05) is 24.3 Å². The van der Waals surface area contributed by atoms with Gasteiger partial charge in [-0.3, -0.25) is 9.59 Å². The lowest BCUT2D eigenvalue weighted by Gasteiger charge is -2.27. The molecule has 0 unspecified atom stereocenters. The Bertz CT molecular complexity index is 723. The smallest absolute Gasteiger partial charge is 0.275 e. The molecule has 1 aromatic heterocycles. The Kier molecular flexibility index (Phi) is 4.81. The molecule has 1 aliphatic heterocycles. The number of anilines is 2. The van der Waals surface area contributed by atoms with Gasteiger partial charge in [-0.05, 0) is 31.2 Å². The molecule has 1 aliphatic rings. The first-order valence-electron chi connectivity index (χ1n) is 7.70. The van der Waals surface area contributed by atoms with Crippen LogP contribution in [0.2, 0.25) is 0 Å². The van der Waals surface area contributed by atoms with E-state index in [2.05, 4.69) is 20.2 Å². The molecule has 24 heavy (non-hydrogen) atoms. The van der Waals surface area contributed by atoms with Crippen LogP contribution in [0.25, 0.3) is 0 Å². The van der Waals surface area contributed by atoms with Gasteiger partial charge >= 0.3 is 0 Å². The quantitative estimate of drug-likeness (QED) is 0.862. The normalized spacial score (nSPS) is 14.3. The Morgan fingerprint density at radius 3 is 2.38 bits per heavy atom. The van der Waals surface area contributed by atoms with Crippen molar-refractivity contribution in [2.75, 3.05) is 36.5 Å². The zero-order valence-electron chi connectivity index (χ0n) is 13.4. The Morgan fingerprint density at radius 2 is 1.79 bits per heavy atom. The molecule has 7 heteroatoms. The van der Waals surface area contributed by atoms with Crippen molar-refractivity contribution in [2.45, 2.75) is 6.92 Å². The molecule has 7 nitrogen and oxygen atoms in total. The monoisotopic (exact) mass is 326 g/mol. The van der Waals surface area contributed by atoms with E-state index in [-0.39, 0.29) is 17.4 Å². The highest BCUT2D eigenvalue weighted by Gasteiger charge is 2.14. The molecular formula is C17H18N4O3. The standard InChI is InChI=1S/C17H18N4O3/c1-12(22)13-2-4-14(5-3-13)20-17(23)15-10-19-16(11-18-15)21-6-8-24-9-7-21/h2-5,10-11H,6-9H2,1H3,(H,20,23). The van der Waals surface area contributed by atoms with Crippen LogP contribution in [0.4, 0.5) is 11.5 Å². The van der Waals surface area contributed by atoms with E-state index in [1.165, 1.54) is 13.1 Å². The lowest BCUT2D eigenvalue weighted by Crippen LogP contribution is -2.36. The number of carbonyl (C=O) groups excluding carboxylic acids is 2. The fraction of sp³-hybridized carbons (Fsp3) is 0.294. The van der Waals surface area contributed by atoms with Crippen molar-refractivity contribution in [3.8, 4) is 0 Å². The second kappa shape index (κ2) is 7.18. The van der Waals surface area contributed by atoms with E-state index in [9.17, 15) is 9.59 Å². The number of nitrogens with zero attached hydrogens (tertiary/aromatic N) is 3. The molecule has 1 aromatic carbocycles. The Balaban J connectivity index is 1.65. The van der Waals surface area contributed by atoms with Gasteiger partial charge in [-0.25, -0.2) is 9.97 Å². The van der Waals surface area contributed by atoms with Crippen LogP contribution < -0.4 is 10.2 Å². The number of carbonyl (C=O) groups is 2. The van der Waals surface area contributed by atoms with Crippen molar-refractivity contribution in [3.63, 3.8) is 0 Å². The van der Waals surface area contributed by atoms with Crippen molar-refractivity contribution >= 4 is 23.2 Å². The third kappa shape index (κ3) is 3.75. The Morgan fingerprint density at radius 1 is 1.08 bits per heavy atom. The molecule has 2 aromatic rings. The number of Topliss-reactive ketones (excluding diaryl/α,β-unsaturated/α-hetero) is 1. The summed E-state index contributed by atoms with van der Waals surface area (Å²) < 4.78 is 5.30. The molecule has 0 atom stereocenters. The minimum absolute atomic E-state index is 0.0163. The lowest BCUT2D eigenvalue weighted by atomic mass is 10.1. The molecule has 1 N–H and O–H groups in total. The van der Waals surface area contributed by atoms with Gasteiger partial charge in [0.15, 0.2) is 5.78 Å². The maximum absolute atomic E-state index is 12.2. The zero-order valence-corrected chi connectivity index (χ0v) is 13.4.